The molecule has 0 aromatic carbocycles. The van der Waals surface area contributed by atoms with Crippen LogP contribution in [0.3, 0.4) is 0 Å². The lowest BCUT2D eigenvalue weighted by Crippen LogP contribution is -2.45. The van der Waals surface area contributed by atoms with E-state index in [4.69, 9.17) is 0 Å². The lowest BCUT2D eigenvalue weighted by molar-refractivity contribution is -0.122. The molecule has 1 aliphatic rings. The summed E-state index contributed by atoms with van der Waals surface area (Å²) in [4.78, 5) is 11.5. The number of hydrogen-bond acceptors (Lipinski definition) is 3. The summed E-state index contributed by atoms with van der Waals surface area (Å²) in [6, 6.07) is -0.0205. The predicted molar refractivity (Wildman–Crippen MR) is 59.6 cm³/mol. The largest absolute Gasteiger partial charge is 0.391 e. The summed E-state index contributed by atoms with van der Waals surface area (Å²) in [6.07, 6.45) is 4.06. The summed E-state index contributed by atoms with van der Waals surface area (Å²) < 4.78 is 0. The fraction of sp³-hybridized carbons (Fsp3) is 0.909. The first kappa shape index (κ1) is 12.5. The molecule has 88 valence electrons. The minimum Gasteiger partial charge on any atom is -0.391 e. The van der Waals surface area contributed by atoms with Crippen molar-refractivity contribution in [2.45, 2.75) is 51.2 Å². The zero-order valence-corrected chi connectivity index (χ0v) is 9.46. The Hall–Kier alpha value is -0.610. The normalized spacial score (nSPS) is 26.3. The van der Waals surface area contributed by atoms with Crippen molar-refractivity contribution in [2.24, 2.45) is 0 Å². The maximum atomic E-state index is 11.5. The average Bonchev–Trinajstić information content (AvgIpc) is 2.22. The van der Waals surface area contributed by atoms with Crippen LogP contribution < -0.4 is 10.6 Å². The van der Waals surface area contributed by atoms with E-state index in [0.29, 0.717) is 13.0 Å². The van der Waals surface area contributed by atoms with E-state index in [2.05, 4.69) is 10.6 Å². The van der Waals surface area contributed by atoms with Crippen LogP contribution in [0.25, 0.3) is 0 Å². The molecule has 1 rings (SSSR count). The lowest BCUT2D eigenvalue weighted by Gasteiger charge is -2.28. The Labute approximate surface area is 91.4 Å². The van der Waals surface area contributed by atoms with E-state index in [1.54, 1.807) is 0 Å². The van der Waals surface area contributed by atoms with E-state index in [0.717, 1.165) is 32.2 Å². The molecule has 0 spiro atoms. The molecule has 2 atom stereocenters. The zero-order valence-electron chi connectivity index (χ0n) is 9.46. The molecule has 1 amide bonds. The molecule has 1 aliphatic carbocycles. The molecular formula is C11H22N2O2. The van der Waals surface area contributed by atoms with Gasteiger partial charge in [-0.2, -0.15) is 0 Å². The smallest absolute Gasteiger partial charge is 0.221 e. The first-order valence-corrected chi connectivity index (χ1v) is 5.92. The molecule has 0 saturated heterocycles. The van der Waals surface area contributed by atoms with E-state index in [9.17, 15) is 9.90 Å². The minimum atomic E-state index is -0.346. The Morgan fingerprint density at radius 1 is 1.40 bits per heavy atom. The van der Waals surface area contributed by atoms with Gasteiger partial charge in [0.1, 0.15) is 0 Å². The van der Waals surface area contributed by atoms with Gasteiger partial charge in [-0.25, -0.2) is 0 Å². The van der Waals surface area contributed by atoms with Gasteiger partial charge in [0.15, 0.2) is 0 Å². The third kappa shape index (κ3) is 4.62. The van der Waals surface area contributed by atoms with Gasteiger partial charge in [0.05, 0.1) is 12.1 Å². The van der Waals surface area contributed by atoms with Crippen LogP contribution in [0.15, 0.2) is 0 Å². The van der Waals surface area contributed by atoms with Crippen molar-refractivity contribution in [1.82, 2.24) is 10.6 Å². The van der Waals surface area contributed by atoms with E-state index in [1.165, 1.54) is 0 Å². The van der Waals surface area contributed by atoms with Crippen LogP contribution in [0.2, 0.25) is 0 Å². The molecule has 3 N–H and O–H groups in total. The van der Waals surface area contributed by atoms with Gasteiger partial charge >= 0.3 is 0 Å². The van der Waals surface area contributed by atoms with Crippen molar-refractivity contribution in [3.05, 3.63) is 0 Å². The zero-order chi connectivity index (χ0) is 11.1. The molecule has 0 aliphatic heterocycles. The summed E-state index contributed by atoms with van der Waals surface area (Å²) in [6.45, 7) is 3.62. The van der Waals surface area contributed by atoms with Gasteiger partial charge in [0.2, 0.25) is 5.91 Å². The van der Waals surface area contributed by atoms with Crippen LogP contribution in [0.4, 0.5) is 0 Å². The van der Waals surface area contributed by atoms with Crippen LogP contribution in [0, 0.1) is 0 Å². The Bertz CT molecular complexity index is 197. The second-order valence-electron chi connectivity index (χ2n) is 4.13. The number of rotatable bonds is 5. The minimum absolute atomic E-state index is 0.0205. The highest BCUT2D eigenvalue weighted by Crippen LogP contribution is 2.18. The SMILES string of the molecule is CCNCCC(=O)NC1CCCCC1O. The van der Waals surface area contributed by atoms with Crippen molar-refractivity contribution in [3.63, 3.8) is 0 Å². The van der Waals surface area contributed by atoms with Crippen LogP contribution in [-0.2, 0) is 4.79 Å². The number of carbonyl (C=O) groups is 1. The van der Waals surface area contributed by atoms with Crippen molar-refractivity contribution >= 4 is 5.91 Å². The van der Waals surface area contributed by atoms with Gasteiger partial charge in [0, 0.05) is 13.0 Å². The topological polar surface area (TPSA) is 61.4 Å². The first-order valence-electron chi connectivity index (χ1n) is 5.92. The standard InChI is InChI=1S/C11H22N2O2/c1-2-12-8-7-11(15)13-9-5-3-4-6-10(9)14/h9-10,12,14H,2-8H2,1H3,(H,13,15). The van der Waals surface area contributed by atoms with Crippen LogP contribution in [0.5, 0.6) is 0 Å². The maximum absolute atomic E-state index is 11.5. The fourth-order valence-corrected chi connectivity index (χ4v) is 1.94. The van der Waals surface area contributed by atoms with E-state index < -0.39 is 0 Å². The quantitative estimate of drug-likeness (QED) is 0.581. The Balaban J connectivity index is 2.18. The number of amides is 1. The van der Waals surface area contributed by atoms with Gasteiger partial charge in [0.25, 0.3) is 0 Å². The van der Waals surface area contributed by atoms with Gasteiger partial charge in [-0.15, -0.1) is 0 Å². The predicted octanol–water partition coefficient (Wildman–Crippen LogP) is 0.406. The maximum Gasteiger partial charge on any atom is 0.221 e. The van der Waals surface area contributed by atoms with Crippen molar-refractivity contribution in [2.75, 3.05) is 13.1 Å². The molecule has 1 saturated carbocycles. The summed E-state index contributed by atoms with van der Waals surface area (Å²) in [5, 5.41) is 15.7. The molecule has 4 heteroatoms. The van der Waals surface area contributed by atoms with Crippen molar-refractivity contribution < 1.29 is 9.90 Å². The monoisotopic (exact) mass is 214 g/mol. The number of aliphatic hydroxyl groups is 1. The van der Waals surface area contributed by atoms with Gasteiger partial charge in [-0.05, 0) is 19.4 Å². The van der Waals surface area contributed by atoms with E-state index in [-0.39, 0.29) is 18.1 Å². The fourth-order valence-electron chi connectivity index (χ4n) is 1.94. The van der Waals surface area contributed by atoms with Crippen LogP contribution >= 0.6 is 0 Å². The molecule has 0 aromatic heterocycles. The molecule has 4 nitrogen and oxygen atoms in total. The van der Waals surface area contributed by atoms with Crippen molar-refractivity contribution in [3.8, 4) is 0 Å². The number of nitrogens with one attached hydrogen (secondary N) is 2. The highest BCUT2D eigenvalue weighted by molar-refractivity contribution is 5.76. The highest BCUT2D eigenvalue weighted by atomic mass is 16.3. The molecule has 1 fully saturated rings. The average molecular weight is 214 g/mol. The van der Waals surface area contributed by atoms with Crippen LogP contribution in [0.1, 0.15) is 39.0 Å². The summed E-state index contributed by atoms with van der Waals surface area (Å²) >= 11 is 0. The molecule has 2 unspecified atom stereocenters. The second kappa shape index (κ2) is 6.80. The molecule has 0 heterocycles. The summed E-state index contributed by atoms with van der Waals surface area (Å²) in [5.74, 6) is 0.0434. The first-order chi connectivity index (χ1) is 7.24. The number of hydrogen-bond donors (Lipinski definition) is 3. The van der Waals surface area contributed by atoms with E-state index >= 15 is 0 Å². The van der Waals surface area contributed by atoms with Crippen LogP contribution in [-0.4, -0.2) is 36.2 Å². The summed E-state index contributed by atoms with van der Waals surface area (Å²) in [7, 11) is 0. The highest BCUT2D eigenvalue weighted by Gasteiger charge is 2.23. The number of carbonyl (C=O) groups excluding carboxylic acids is 1. The Kier molecular flexibility index (Phi) is 5.65. The molecule has 0 bridgehead atoms. The second-order valence-corrected chi connectivity index (χ2v) is 4.13. The Morgan fingerprint density at radius 2 is 2.13 bits per heavy atom. The molecule has 0 aromatic rings. The number of aliphatic hydroxyl groups excluding tert-OH is 1. The van der Waals surface area contributed by atoms with Crippen molar-refractivity contribution in [1.29, 1.82) is 0 Å². The lowest BCUT2D eigenvalue weighted by atomic mass is 9.92. The Morgan fingerprint density at radius 3 is 2.80 bits per heavy atom. The third-order valence-corrected chi connectivity index (χ3v) is 2.85. The third-order valence-electron chi connectivity index (χ3n) is 2.85. The molecular weight excluding hydrogens is 192 g/mol. The molecule has 15 heavy (non-hydrogen) atoms. The molecule has 0 radical (unpaired) electrons. The van der Waals surface area contributed by atoms with Gasteiger partial charge in [-0.1, -0.05) is 19.8 Å². The van der Waals surface area contributed by atoms with Gasteiger partial charge < -0.3 is 15.7 Å². The summed E-state index contributed by atoms with van der Waals surface area (Å²) in [5.41, 5.74) is 0. The van der Waals surface area contributed by atoms with Gasteiger partial charge in [-0.3, -0.25) is 4.79 Å². The van der Waals surface area contributed by atoms with E-state index in [1.807, 2.05) is 6.92 Å².